The Kier molecular flexibility index (Phi) is 3.75. The van der Waals surface area contributed by atoms with Gasteiger partial charge in [0.1, 0.15) is 17.3 Å². The fraction of sp³-hybridized carbons (Fsp3) is 0.312. The number of carbonyl (C=O) groups excluding carboxylic acids is 1. The minimum absolute atomic E-state index is 0.0197. The normalized spacial score (nSPS) is 16.1. The van der Waals surface area contributed by atoms with Crippen LogP contribution in [0.5, 0.6) is 0 Å². The molecule has 122 valence electrons. The summed E-state index contributed by atoms with van der Waals surface area (Å²) in [7, 11) is -3.24. The van der Waals surface area contributed by atoms with E-state index in [0.717, 1.165) is 6.26 Å². The molecule has 0 spiro atoms. The van der Waals surface area contributed by atoms with Crippen LogP contribution in [0.4, 0.5) is 4.39 Å². The summed E-state index contributed by atoms with van der Waals surface area (Å²) < 4.78 is 41.7. The Hall–Kier alpha value is -2.15. The van der Waals surface area contributed by atoms with Gasteiger partial charge in [-0.3, -0.25) is 4.79 Å². The quantitative estimate of drug-likeness (QED) is 0.909. The SMILES string of the molecule is CS(=O)(=O)Cc1ccc(C(=O)NC2(c3ccccc3F)CC2)o1. The van der Waals surface area contributed by atoms with Crippen LogP contribution in [0.15, 0.2) is 40.8 Å². The fourth-order valence-corrected chi connectivity index (χ4v) is 3.22. The van der Waals surface area contributed by atoms with Gasteiger partial charge in [0.2, 0.25) is 0 Å². The van der Waals surface area contributed by atoms with Gasteiger partial charge in [-0.15, -0.1) is 0 Å². The molecule has 1 fully saturated rings. The van der Waals surface area contributed by atoms with Crippen molar-refractivity contribution in [1.82, 2.24) is 5.32 Å². The molecule has 5 nitrogen and oxygen atoms in total. The Morgan fingerprint density at radius 1 is 1.26 bits per heavy atom. The molecular weight excluding hydrogens is 321 g/mol. The molecule has 1 aliphatic carbocycles. The van der Waals surface area contributed by atoms with Crippen molar-refractivity contribution < 1.29 is 22.0 Å². The first-order chi connectivity index (χ1) is 10.8. The lowest BCUT2D eigenvalue weighted by Gasteiger charge is -2.17. The number of amides is 1. The third-order valence-electron chi connectivity index (χ3n) is 3.78. The van der Waals surface area contributed by atoms with E-state index in [0.29, 0.717) is 18.4 Å². The number of halogens is 1. The molecule has 23 heavy (non-hydrogen) atoms. The number of hydrogen-bond donors (Lipinski definition) is 1. The Labute approximate surface area is 133 Å². The Balaban J connectivity index is 1.76. The van der Waals surface area contributed by atoms with Gasteiger partial charge in [0, 0.05) is 11.8 Å². The number of rotatable bonds is 5. The first-order valence-electron chi connectivity index (χ1n) is 7.13. The smallest absolute Gasteiger partial charge is 0.287 e. The summed E-state index contributed by atoms with van der Waals surface area (Å²) >= 11 is 0. The molecule has 0 aliphatic heterocycles. The Bertz CT molecular complexity index is 852. The van der Waals surface area contributed by atoms with Crippen LogP contribution in [0, 0.1) is 5.82 Å². The average molecular weight is 337 g/mol. The summed E-state index contributed by atoms with van der Waals surface area (Å²) in [5.41, 5.74) is -0.247. The lowest BCUT2D eigenvalue weighted by Crippen LogP contribution is -2.35. The topological polar surface area (TPSA) is 76.4 Å². The zero-order valence-corrected chi connectivity index (χ0v) is 13.3. The fourth-order valence-electron chi connectivity index (χ4n) is 2.55. The van der Waals surface area contributed by atoms with Crippen LogP contribution in [0.2, 0.25) is 0 Å². The molecule has 1 aliphatic rings. The van der Waals surface area contributed by atoms with Crippen LogP contribution < -0.4 is 5.32 Å². The number of nitrogens with one attached hydrogen (secondary N) is 1. The standard InChI is InChI=1S/C16H16FNO4S/c1-23(20,21)10-11-6-7-14(22-11)15(19)18-16(8-9-16)12-4-2-3-5-13(12)17/h2-7H,8-10H2,1H3,(H,18,19). The van der Waals surface area contributed by atoms with E-state index in [1.165, 1.54) is 18.2 Å². The third kappa shape index (κ3) is 3.44. The Morgan fingerprint density at radius 2 is 1.96 bits per heavy atom. The molecule has 0 bridgehead atoms. The lowest BCUT2D eigenvalue weighted by atomic mass is 10.0. The monoisotopic (exact) mass is 337 g/mol. The molecule has 0 radical (unpaired) electrons. The van der Waals surface area contributed by atoms with Crippen LogP contribution >= 0.6 is 0 Å². The molecule has 1 aromatic heterocycles. The van der Waals surface area contributed by atoms with Gasteiger partial charge < -0.3 is 9.73 Å². The van der Waals surface area contributed by atoms with Crippen molar-refractivity contribution in [1.29, 1.82) is 0 Å². The summed E-state index contributed by atoms with van der Waals surface area (Å²) in [4.78, 5) is 12.3. The maximum absolute atomic E-state index is 13.9. The zero-order chi connectivity index (χ0) is 16.7. The summed E-state index contributed by atoms with van der Waals surface area (Å²) in [6.45, 7) is 0. The van der Waals surface area contributed by atoms with E-state index in [4.69, 9.17) is 4.42 Å². The second-order valence-electron chi connectivity index (χ2n) is 5.85. The predicted octanol–water partition coefficient (Wildman–Crippen LogP) is 2.38. The van der Waals surface area contributed by atoms with Crippen LogP contribution in [0.3, 0.4) is 0 Å². The predicted molar refractivity (Wildman–Crippen MR) is 82.0 cm³/mol. The maximum atomic E-state index is 13.9. The van der Waals surface area contributed by atoms with E-state index in [1.807, 2.05) is 0 Å². The molecule has 0 unspecified atom stereocenters. The maximum Gasteiger partial charge on any atom is 0.287 e. The number of hydrogen-bond acceptors (Lipinski definition) is 4. The van der Waals surface area contributed by atoms with E-state index < -0.39 is 21.3 Å². The van der Waals surface area contributed by atoms with Gasteiger partial charge in [0.15, 0.2) is 15.6 Å². The van der Waals surface area contributed by atoms with Gasteiger partial charge in [-0.05, 0) is 31.0 Å². The minimum Gasteiger partial charge on any atom is -0.455 e. The van der Waals surface area contributed by atoms with E-state index in [9.17, 15) is 17.6 Å². The van der Waals surface area contributed by atoms with Crippen LogP contribution in [0.1, 0.15) is 34.7 Å². The lowest BCUT2D eigenvalue weighted by molar-refractivity contribution is 0.0900. The highest BCUT2D eigenvalue weighted by molar-refractivity contribution is 7.89. The largest absolute Gasteiger partial charge is 0.455 e. The van der Waals surface area contributed by atoms with Crippen molar-refractivity contribution in [3.63, 3.8) is 0 Å². The minimum atomic E-state index is -3.24. The Morgan fingerprint density at radius 3 is 2.57 bits per heavy atom. The second-order valence-corrected chi connectivity index (χ2v) is 7.99. The molecule has 7 heteroatoms. The summed E-state index contributed by atoms with van der Waals surface area (Å²) in [5.74, 6) is -0.883. The number of sulfone groups is 1. The summed E-state index contributed by atoms with van der Waals surface area (Å²) in [5, 5.41) is 2.79. The van der Waals surface area contributed by atoms with Crippen molar-refractivity contribution >= 4 is 15.7 Å². The van der Waals surface area contributed by atoms with Gasteiger partial charge in [0.25, 0.3) is 5.91 Å². The van der Waals surface area contributed by atoms with Crippen LogP contribution in [0.25, 0.3) is 0 Å². The van der Waals surface area contributed by atoms with Gasteiger partial charge >= 0.3 is 0 Å². The van der Waals surface area contributed by atoms with Crippen molar-refractivity contribution in [2.24, 2.45) is 0 Å². The molecule has 1 amide bonds. The third-order valence-corrected chi connectivity index (χ3v) is 4.59. The van der Waals surface area contributed by atoms with E-state index in [2.05, 4.69) is 5.32 Å². The molecule has 3 rings (SSSR count). The van der Waals surface area contributed by atoms with Crippen molar-refractivity contribution in [3.05, 3.63) is 59.3 Å². The van der Waals surface area contributed by atoms with Gasteiger partial charge in [-0.2, -0.15) is 0 Å². The van der Waals surface area contributed by atoms with Gasteiger partial charge in [-0.25, -0.2) is 12.8 Å². The average Bonchev–Trinajstić information content (AvgIpc) is 3.07. The molecule has 1 saturated carbocycles. The van der Waals surface area contributed by atoms with Crippen molar-refractivity contribution in [3.8, 4) is 0 Å². The van der Waals surface area contributed by atoms with Gasteiger partial charge in [0.05, 0.1) is 5.54 Å². The first kappa shape index (κ1) is 15.7. The molecular formula is C16H16FNO4S. The molecule has 2 aromatic rings. The molecule has 1 heterocycles. The summed E-state index contributed by atoms with van der Waals surface area (Å²) in [6.07, 6.45) is 2.39. The molecule has 1 aromatic carbocycles. The molecule has 0 saturated heterocycles. The van der Waals surface area contributed by atoms with Crippen LogP contribution in [-0.4, -0.2) is 20.6 Å². The van der Waals surface area contributed by atoms with Crippen molar-refractivity contribution in [2.45, 2.75) is 24.1 Å². The number of carbonyl (C=O) groups is 1. The van der Waals surface area contributed by atoms with E-state index in [1.54, 1.807) is 18.2 Å². The highest BCUT2D eigenvalue weighted by Gasteiger charge is 2.47. The van der Waals surface area contributed by atoms with E-state index in [-0.39, 0.29) is 23.1 Å². The first-order valence-corrected chi connectivity index (χ1v) is 9.19. The van der Waals surface area contributed by atoms with Crippen molar-refractivity contribution in [2.75, 3.05) is 6.26 Å². The van der Waals surface area contributed by atoms with Gasteiger partial charge in [-0.1, -0.05) is 18.2 Å². The number of furan rings is 1. The highest BCUT2D eigenvalue weighted by Crippen LogP contribution is 2.46. The van der Waals surface area contributed by atoms with E-state index >= 15 is 0 Å². The highest BCUT2D eigenvalue weighted by atomic mass is 32.2. The molecule has 1 N–H and O–H groups in total. The van der Waals surface area contributed by atoms with Crippen LogP contribution in [-0.2, 0) is 21.1 Å². The second kappa shape index (κ2) is 5.49. The molecule has 0 atom stereocenters. The zero-order valence-electron chi connectivity index (χ0n) is 12.5. The summed E-state index contributed by atoms with van der Waals surface area (Å²) in [6, 6.07) is 9.22. The number of benzene rings is 1.